The highest BCUT2D eigenvalue weighted by Gasteiger charge is 2.19. The van der Waals surface area contributed by atoms with Gasteiger partial charge in [0.05, 0.1) is 0 Å². The van der Waals surface area contributed by atoms with Crippen LogP contribution in [0.4, 0.5) is 0 Å². The normalized spacial score (nSPS) is 12.7. The Morgan fingerprint density at radius 2 is 2.00 bits per heavy atom. The molecule has 0 aliphatic rings. The van der Waals surface area contributed by atoms with Crippen molar-refractivity contribution in [2.75, 3.05) is 6.54 Å². The fourth-order valence-corrected chi connectivity index (χ4v) is 2.45. The van der Waals surface area contributed by atoms with E-state index in [0.29, 0.717) is 6.04 Å². The van der Waals surface area contributed by atoms with Gasteiger partial charge >= 0.3 is 0 Å². The van der Waals surface area contributed by atoms with Crippen LogP contribution in [0.15, 0.2) is 17.1 Å². The van der Waals surface area contributed by atoms with E-state index in [1.165, 1.54) is 17.5 Å². The third kappa shape index (κ3) is 3.74. The minimum atomic E-state index is 0.419. The fourth-order valence-electron chi connectivity index (χ4n) is 2.45. The van der Waals surface area contributed by atoms with Crippen LogP contribution in [-0.4, -0.2) is 6.54 Å². The summed E-state index contributed by atoms with van der Waals surface area (Å²) in [7, 11) is 0. The average molecular weight is 249 g/mol. The van der Waals surface area contributed by atoms with Gasteiger partial charge in [-0.1, -0.05) is 13.0 Å². The molecule has 0 bridgehead atoms. The molecule has 102 valence electrons. The fraction of sp³-hybridized carbons (Fsp3) is 0.625. The van der Waals surface area contributed by atoms with Gasteiger partial charge in [0.15, 0.2) is 0 Å². The second-order valence-corrected chi connectivity index (χ2v) is 4.98. The van der Waals surface area contributed by atoms with Gasteiger partial charge < -0.3 is 9.73 Å². The highest BCUT2D eigenvalue weighted by atomic mass is 16.3. The second kappa shape index (κ2) is 7.42. The molecule has 0 aliphatic heterocycles. The number of rotatable bonds is 8. The summed E-state index contributed by atoms with van der Waals surface area (Å²) in [6, 6.07) is 0.419. The van der Waals surface area contributed by atoms with E-state index in [2.05, 4.69) is 32.7 Å². The Labute approximate surface area is 111 Å². The van der Waals surface area contributed by atoms with Crippen molar-refractivity contribution >= 4 is 0 Å². The largest absolute Gasteiger partial charge is 0.466 e. The molecule has 1 aromatic rings. The lowest BCUT2D eigenvalue weighted by molar-refractivity contribution is 0.461. The summed E-state index contributed by atoms with van der Waals surface area (Å²) in [6.07, 6.45) is 6.56. The van der Waals surface area contributed by atoms with Gasteiger partial charge in [-0.2, -0.15) is 0 Å². The molecule has 0 amide bonds. The molecule has 2 nitrogen and oxygen atoms in total. The minimum Gasteiger partial charge on any atom is -0.466 e. The molecule has 18 heavy (non-hydrogen) atoms. The first kappa shape index (κ1) is 15.0. The summed E-state index contributed by atoms with van der Waals surface area (Å²) in [4.78, 5) is 0. The second-order valence-electron chi connectivity index (χ2n) is 4.98. The lowest BCUT2D eigenvalue weighted by atomic mass is 9.97. The third-order valence-electron chi connectivity index (χ3n) is 3.51. The van der Waals surface area contributed by atoms with Crippen molar-refractivity contribution in [1.29, 1.82) is 0 Å². The van der Waals surface area contributed by atoms with Crippen molar-refractivity contribution in [1.82, 2.24) is 5.32 Å². The maximum atomic E-state index is 5.75. The Kier molecular flexibility index (Phi) is 6.20. The Morgan fingerprint density at radius 3 is 2.50 bits per heavy atom. The van der Waals surface area contributed by atoms with Gasteiger partial charge in [0, 0.05) is 11.6 Å². The van der Waals surface area contributed by atoms with E-state index in [1.54, 1.807) is 0 Å². The lowest BCUT2D eigenvalue weighted by Crippen LogP contribution is -2.23. The van der Waals surface area contributed by atoms with Gasteiger partial charge in [-0.05, 0) is 58.6 Å². The topological polar surface area (TPSA) is 25.2 Å². The van der Waals surface area contributed by atoms with Crippen molar-refractivity contribution < 1.29 is 4.42 Å². The van der Waals surface area contributed by atoms with Crippen molar-refractivity contribution in [2.24, 2.45) is 0 Å². The minimum absolute atomic E-state index is 0.419. The smallest absolute Gasteiger partial charge is 0.106 e. The van der Waals surface area contributed by atoms with Crippen LogP contribution >= 0.6 is 0 Å². The molecule has 1 rings (SSSR count). The molecule has 0 radical (unpaired) electrons. The van der Waals surface area contributed by atoms with Crippen LogP contribution in [-0.2, 0) is 0 Å². The highest BCUT2D eigenvalue weighted by Crippen LogP contribution is 2.30. The lowest BCUT2D eigenvalue weighted by Gasteiger charge is -2.19. The van der Waals surface area contributed by atoms with E-state index < -0.39 is 0 Å². The zero-order chi connectivity index (χ0) is 13.5. The van der Waals surface area contributed by atoms with E-state index in [4.69, 9.17) is 4.42 Å². The number of hydrogen-bond donors (Lipinski definition) is 1. The molecule has 0 spiro atoms. The van der Waals surface area contributed by atoms with Gasteiger partial charge in [-0.3, -0.25) is 0 Å². The van der Waals surface area contributed by atoms with Crippen molar-refractivity contribution in [2.45, 2.75) is 59.4 Å². The zero-order valence-electron chi connectivity index (χ0n) is 12.3. The van der Waals surface area contributed by atoms with Crippen LogP contribution in [0.3, 0.4) is 0 Å². The summed E-state index contributed by atoms with van der Waals surface area (Å²) in [6.45, 7) is 13.3. The maximum absolute atomic E-state index is 5.75. The van der Waals surface area contributed by atoms with Crippen LogP contribution in [0, 0.1) is 20.8 Å². The molecule has 1 unspecified atom stereocenters. The maximum Gasteiger partial charge on any atom is 0.106 e. The molecule has 1 heterocycles. The quantitative estimate of drug-likeness (QED) is 0.538. The molecule has 0 aromatic carbocycles. The van der Waals surface area contributed by atoms with Gasteiger partial charge in [-0.15, -0.1) is 6.58 Å². The monoisotopic (exact) mass is 249 g/mol. The van der Waals surface area contributed by atoms with E-state index in [0.717, 1.165) is 37.3 Å². The van der Waals surface area contributed by atoms with Crippen LogP contribution in [0.5, 0.6) is 0 Å². The summed E-state index contributed by atoms with van der Waals surface area (Å²) >= 11 is 0. The standard InChI is InChI=1S/C16H27NO/c1-6-8-9-10-15(17-11-7-2)16-12(3)13(4)18-14(16)5/h6,15,17H,1,7-11H2,2-5H3. The van der Waals surface area contributed by atoms with Crippen LogP contribution in [0.2, 0.25) is 0 Å². The molecule has 0 saturated carbocycles. The molecule has 1 N–H and O–H groups in total. The van der Waals surface area contributed by atoms with Crippen LogP contribution < -0.4 is 5.32 Å². The number of furan rings is 1. The molecule has 1 aromatic heterocycles. The van der Waals surface area contributed by atoms with Crippen molar-refractivity contribution in [3.8, 4) is 0 Å². The van der Waals surface area contributed by atoms with Crippen molar-refractivity contribution in [3.63, 3.8) is 0 Å². The van der Waals surface area contributed by atoms with E-state index >= 15 is 0 Å². The Bertz CT molecular complexity index is 379. The SMILES string of the molecule is C=CCCCC(NCCC)c1c(C)oc(C)c1C. The van der Waals surface area contributed by atoms with E-state index in [-0.39, 0.29) is 0 Å². The third-order valence-corrected chi connectivity index (χ3v) is 3.51. The molecule has 2 heteroatoms. The molecule has 0 fully saturated rings. The number of unbranched alkanes of at least 4 members (excludes halogenated alkanes) is 1. The van der Waals surface area contributed by atoms with Crippen LogP contribution in [0.1, 0.15) is 61.3 Å². The predicted molar refractivity (Wildman–Crippen MR) is 78.0 cm³/mol. The van der Waals surface area contributed by atoms with Gasteiger partial charge in [0.1, 0.15) is 11.5 Å². The van der Waals surface area contributed by atoms with Crippen molar-refractivity contribution in [3.05, 3.63) is 35.3 Å². The van der Waals surface area contributed by atoms with Gasteiger partial charge in [-0.25, -0.2) is 0 Å². The zero-order valence-corrected chi connectivity index (χ0v) is 12.3. The molecular formula is C16H27NO. The summed E-state index contributed by atoms with van der Waals surface area (Å²) in [5.41, 5.74) is 2.67. The molecule has 1 atom stereocenters. The molecule has 0 aliphatic carbocycles. The first-order valence-corrected chi connectivity index (χ1v) is 7.02. The first-order valence-electron chi connectivity index (χ1n) is 7.02. The number of nitrogens with one attached hydrogen (secondary N) is 1. The average Bonchev–Trinajstić information content (AvgIpc) is 2.59. The molecular weight excluding hydrogens is 222 g/mol. The van der Waals surface area contributed by atoms with Gasteiger partial charge in [0.2, 0.25) is 0 Å². The van der Waals surface area contributed by atoms with Gasteiger partial charge in [0.25, 0.3) is 0 Å². The predicted octanol–water partition coefficient (Wildman–Crippen LogP) is 4.60. The summed E-state index contributed by atoms with van der Waals surface area (Å²) < 4.78 is 5.75. The molecule has 0 saturated heterocycles. The first-order chi connectivity index (χ1) is 8.61. The van der Waals surface area contributed by atoms with Crippen LogP contribution in [0.25, 0.3) is 0 Å². The van der Waals surface area contributed by atoms with E-state index in [9.17, 15) is 0 Å². The van der Waals surface area contributed by atoms with E-state index in [1.807, 2.05) is 13.0 Å². The highest BCUT2D eigenvalue weighted by molar-refractivity contribution is 5.34. The summed E-state index contributed by atoms with van der Waals surface area (Å²) in [5.74, 6) is 2.12. The number of allylic oxidation sites excluding steroid dienone is 1. The number of hydrogen-bond acceptors (Lipinski definition) is 2. The Hall–Kier alpha value is -1.02. The Balaban J connectivity index is 2.82. The number of aryl methyl sites for hydroxylation is 2. The Morgan fingerprint density at radius 1 is 1.28 bits per heavy atom. The summed E-state index contributed by atoms with van der Waals surface area (Å²) in [5, 5.41) is 3.65.